The van der Waals surface area contributed by atoms with Gasteiger partial charge in [0.25, 0.3) is 5.92 Å². The lowest BCUT2D eigenvalue weighted by Gasteiger charge is -2.21. The van der Waals surface area contributed by atoms with E-state index in [0.717, 1.165) is 13.0 Å². The highest BCUT2D eigenvalue weighted by Crippen LogP contribution is 2.33. The molecule has 0 amide bonds. The normalized spacial score (nSPS) is 13.0. The van der Waals surface area contributed by atoms with Crippen LogP contribution in [0, 0.1) is 5.82 Å². The van der Waals surface area contributed by atoms with Gasteiger partial charge < -0.3 is 0 Å². The molecule has 1 rings (SSSR count). The van der Waals surface area contributed by atoms with Gasteiger partial charge in [-0.1, -0.05) is 35.6 Å². The third kappa shape index (κ3) is 2.88. The van der Waals surface area contributed by atoms with Crippen LogP contribution < -0.4 is 5.19 Å². The molecule has 0 atom stereocenters. The second kappa shape index (κ2) is 4.18. The quantitative estimate of drug-likeness (QED) is 0.717. The van der Waals surface area contributed by atoms with Crippen LogP contribution in [0.2, 0.25) is 19.6 Å². The van der Waals surface area contributed by atoms with Gasteiger partial charge in [0.2, 0.25) is 0 Å². The molecule has 0 aliphatic carbocycles. The lowest BCUT2D eigenvalue weighted by molar-refractivity contribution is 0.0164. The van der Waals surface area contributed by atoms with Crippen molar-refractivity contribution < 1.29 is 13.2 Å². The van der Waals surface area contributed by atoms with Crippen LogP contribution in [-0.4, -0.2) is 8.07 Å². The summed E-state index contributed by atoms with van der Waals surface area (Å²) >= 11 is 3.09. The molecule has 5 heteroatoms. The molecule has 0 spiro atoms. The van der Waals surface area contributed by atoms with E-state index in [-0.39, 0.29) is 10.0 Å². The summed E-state index contributed by atoms with van der Waals surface area (Å²) in [6.45, 7) is 6.69. The summed E-state index contributed by atoms with van der Waals surface area (Å²) in [5, 5.41) is 0.562. The number of hydrogen-bond donors (Lipinski definition) is 0. The smallest absolute Gasteiger partial charge is 0.207 e. The standard InChI is InChI=1S/C11H14BrF3Si/c1-11(14,15)7-5-9(13)10(6-8(7)12)16(2,3)4/h5-6H,1-4H3. The molecule has 90 valence electrons. The zero-order valence-electron chi connectivity index (χ0n) is 9.67. The predicted octanol–water partition coefficient (Wildman–Crippen LogP) is 4.25. The summed E-state index contributed by atoms with van der Waals surface area (Å²) in [4.78, 5) is 0. The molecule has 0 radical (unpaired) electrons. The van der Waals surface area contributed by atoms with Gasteiger partial charge in [-0.2, -0.15) is 0 Å². The van der Waals surface area contributed by atoms with Crippen molar-refractivity contribution in [1.82, 2.24) is 0 Å². The molecule has 0 nitrogen and oxygen atoms in total. The molecule has 0 bridgehead atoms. The molecule has 0 saturated heterocycles. The molecule has 0 aliphatic rings. The molecule has 1 aromatic rings. The maximum absolute atomic E-state index is 13.7. The van der Waals surface area contributed by atoms with Crippen molar-refractivity contribution in [3.63, 3.8) is 0 Å². The number of hydrogen-bond acceptors (Lipinski definition) is 0. The predicted molar refractivity (Wildman–Crippen MR) is 66.6 cm³/mol. The van der Waals surface area contributed by atoms with E-state index in [0.29, 0.717) is 5.19 Å². The van der Waals surface area contributed by atoms with Gasteiger partial charge in [0, 0.05) is 17.0 Å². The van der Waals surface area contributed by atoms with E-state index in [9.17, 15) is 13.2 Å². The summed E-state index contributed by atoms with van der Waals surface area (Å²) in [5.74, 6) is -3.56. The molecule has 0 aromatic heterocycles. The molecule has 0 fully saturated rings. The summed E-state index contributed by atoms with van der Waals surface area (Å²) in [6, 6.07) is 2.44. The van der Waals surface area contributed by atoms with Crippen molar-refractivity contribution in [2.45, 2.75) is 32.5 Å². The molecule has 0 heterocycles. The molecular formula is C11H14BrF3Si. The van der Waals surface area contributed by atoms with Crippen molar-refractivity contribution in [1.29, 1.82) is 0 Å². The van der Waals surface area contributed by atoms with E-state index in [1.807, 2.05) is 19.6 Å². The third-order valence-corrected chi connectivity index (χ3v) is 4.99. The lowest BCUT2D eigenvalue weighted by Crippen LogP contribution is -2.40. The van der Waals surface area contributed by atoms with Crippen LogP contribution in [0.5, 0.6) is 0 Å². The monoisotopic (exact) mass is 310 g/mol. The number of halogens is 4. The summed E-state index contributed by atoms with van der Waals surface area (Å²) < 4.78 is 40.3. The summed E-state index contributed by atoms with van der Waals surface area (Å²) in [5.41, 5.74) is -0.299. The van der Waals surface area contributed by atoms with Crippen molar-refractivity contribution in [3.05, 3.63) is 28.0 Å². The van der Waals surface area contributed by atoms with Gasteiger partial charge in [-0.3, -0.25) is 0 Å². The molecule has 0 N–H and O–H groups in total. The Morgan fingerprint density at radius 1 is 1.19 bits per heavy atom. The van der Waals surface area contributed by atoms with Crippen molar-refractivity contribution in [2.75, 3.05) is 0 Å². The SMILES string of the molecule is CC(F)(F)c1cc(F)c([Si](C)(C)C)cc1Br. The van der Waals surface area contributed by atoms with Gasteiger partial charge in [-0.05, 0) is 17.3 Å². The molecule has 1 aromatic carbocycles. The summed E-state index contributed by atoms with van der Waals surface area (Å²) in [6.07, 6.45) is 0. The minimum atomic E-state index is -3.03. The Hall–Kier alpha value is -0.293. The number of benzene rings is 1. The molecule has 16 heavy (non-hydrogen) atoms. The van der Waals surface area contributed by atoms with Crippen LogP contribution in [0.3, 0.4) is 0 Å². The first-order valence-corrected chi connectivity index (χ1v) is 9.20. The fourth-order valence-corrected chi connectivity index (χ4v) is 3.73. The van der Waals surface area contributed by atoms with E-state index in [4.69, 9.17) is 0 Å². The van der Waals surface area contributed by atoms with E-state index in [1.165, 1.54) is 6.07 Å². The highest BCUT2D eigenvalue weighted by Gasteiger charge is 2.30. The number of rotatable bonds is 2. The van der Waals surface area contributed by atoms with Gasteiger partial charge in [0.05, 0.1) is 8.07 Å². The van der Waals surface area contributed by atoms with Crippen LogP contribution in [0.25, 0.3) is 0 Å². The average Bonchev–Trinajstić information content (AvgIpc) is 2.04. The number of alkyl halides is 2. The van der Waals surface area contributed by atoms with Gasteiger partial charge >= 0.3 is 0 Å². The van der Waals surface area contributed by atoms with E-state index < -0.39 is 19.8 Å². The highest BCUT2D eigenvalue weighted by molar-refractivity contribution is 9.10. The Morgan fingerprint density at radius 2 is 1.69 bits per heavy atom. The summed E-state index contributed by atoms with van der Waals surface area (Å²) in [7, 11) is -1.84. The Labute approximate surface area is 103 Å². The minimum Gasteiger partial charge on any atom is -0.207 e. The maximum atomic E-state index is 13.7. The van der Waals surface area contributed by atoms with Crippen LogP contribution in [0.15, 0.2) is 16.6 Å². The van der Waals surface area contributed by atoms with E-state index in [1.54, 1.807) is 0 Å². The van der Waals surface area contributed by atoms with E-state index >= 15 is 0 Å². The Kier molecular flexibility index (Phi) is 3.60. The average molecular weight is 311 g/mol. The first kappa shape index (κ1) is 13.8. The van der Waals surface area contributed by atoms with Gasteiger partial charge in [0.1, 0.15) is 5.82 Å². The zero-order valence-corrected chi connectivity index (χ0v) is 12.3. The Balaban J connectivity index is 3.40. The first-order valence-electron chi connectivity index (χ1n) is 4.91. The Bertz CT molecular complexity index is 365. The van der Waals surface area contributed by atoms with Crippen molar-refractivity contribution in [3.8, 4) is 0 Å². The van der Waals surface area contributed by atoms with Crippen molar-refractivity contribution >= 4 is 29.2 Å². The molecule has 0 saturated carbocycles. The third-order valence-electron chi connectivity index (χ3n) is 2.34. The van der Waals surface area contributed by atoms with Gasteiger partial charge in [-0.15, -0.1) is 0 Å². The molecular weight excluding hydrogens is 297 g/mol. The second-order valence-corrected chi connectivity index (χ2v) is 10.8. The first-order chi connectivity index (χ1) is 7.03. The minimum absolute atomic E-state index is 0.277. The van der Waals surface area contributed by atoms with Crippen LogP contribution in [-0.2, 0) is 5.92 Å². The second-order valence-electron chi connectivity index (χ2n) is 4.95. The van der Waals surface area contributed by atoms with Crippen LogP contribution in [0.4, 0.5) is 13.2 Å². The lowest BCUT2D eigenvalue weighted by atomic mass is 10.1. The topological polar surface area (TPSA) is 0 Å². The van der Waals surface area contributed by atoms with Gasteiger partial charge in [0.15, 0.2) is 0 Å². The van der Waals surface area contributed by atoms with Gasteiger partial charge in [-0.25, -0.2) is 13.2 Å². The van der Waals surface area contributed by atoms with E-state index in [2.05, 4.69) is 15.9 Å². The fraction of sp³-hybridized carbons (Fsp3) is 0.455. The Morgan fingerprint density at radius 3 is 2.06 bits per heavy atom. The molecule has 0 unspecified atom stereocenters. The van der Waals surface area contributed by atoms with Crippen LogP contribution >= 0.6 is 15.9 Å². The highest BCUT2D eigenvalue weighted by atomic mass is 79.9. The fourth-order valence-electron chi connectivity index (χ4n) is 1.46. The van der Waals surface area contributed by atoms with Crippen LogP contribution in [0.1, 0.15) is 12.5 Å². The molecule has 0 aliphatic heterocycles. The van der Waals surface area contributed by atoms with Crippen molar-refractivity contribution in [2.24, 2.45) is 0 Å². The zero-order chi connectivity index (χ0) is 12.7. The largest absolute Gasteiger partial charge is 0.271 e. The maximum Gasteiger partial charge on any atom is 0.271 e.